The smallest absolute Gasteiger partial charge is 0.0431 e. The van der Waals surface area contributed by atoms with E-state index in [1.165, 1.54) is 29.7 Å². The summed E-state index contributed by atoms with van der Waals surface area (Å²) in [6.45, 7) is 1.33. The van der Waals surface area contributed by atoms with Gasteiger partial charge < -0.3 is 10.4 Å². The molecule has 2 N–H and O–H groups in total. The maximum Gasteiger partial charge on any atom is 0.0431 e. The fourth-order valence-electron chi connectivity index (χ4n) is 1.88. The van der Waals surface area contributed by atoms with Gasteiger partial charge in [-0.1, -0.05) is 18.6 Å². The molecule has 18 heavy (non-hydrogen) atoms. The Hall–Kier alpha value is -0.510. The lowest BCUT2D eigenvalue weighted by Crippen LogP contribution is -2.15. The third-order valence-corrected chi connectivity index (χ3v) is 4.22. The summed E-state index contributed by atoms with van der Waals surface area (Å²) in [4.78, 5) is 1.37. The molecule has 1 saturated carbocycles. The van der Waals surface area contributed by atoms with Crippen LogP contribution in [0.5, 0.6) is 0 Å². The zero-order chi connectivity index (χ0) is 12.6. The van der Waals surface area contributed by atoms with Crippen molar-refractivity contribution in [3.05, 3.63) is 29.8 Å². The minimum Gasteiger partial charge on any atom is -0.396 e. The molecule has 0 unspecified atom stereocenters. The van der Waals surface area contributed by atoms with Crippen LogP contribution in [-0.2, 0) is 6.54 Å². The van der Waals surface area contributed by atoms with Gasteiger partial charge in [0.2, 0.25) is 0 Å². The first-order valence-electron chi connectivity index (χ1n) is 6.94. The molecule has 1 aliphatic rings. The highest BCUT2D eigenvalue weighted by Crippen LogP contribution is 2.22. The summed E-state index contributed by atoms with van der Waals surface area (Å²) in [6, 6.07) is 9.62. The van der Waals surface area contributed by atoms with Crippen molar-refractivity contribution >= 4 is 11.8 Å². The predicted molar refractivity (Wildman–Crippen MR) is 78.0 cm³/mol. The number of unbranched alkanes of at least 4 members (excludes halogenated alkanes) is 2. The van der Waals surface area contributed by atoms with Crippen molar-refractivity contribution in [2.75, 3.05) is 12.4 Å². The van der Waals surface area contributed by atoms with Crippen LogP contribution in [0, 0.1) is 0 Å². The van der Waals surface area contributed by atoms with E-state index < -0.39 is 0 Å². The average Bonchev–Trinajstić information content (AvgIpc) is 3.21. The fourth-order valence-corrected chi connectivity index (χ4v) is 2.87. The molecule has 0 bridgehead atoms. The summed E-state index contributed by atoms with van der Waals surface area (Å²) in [5.74, 6) is 1.15. The number of thioether (sulfide) groups is 1. The Kier molecular flexibility index (Phi) is 6.05. The Morgan fingerprint density at radius 1 is 1.22 bits per heavy atom. The van der Waals surface area contributed by atoms with Gasteiger partial charge in [0.15, 0.2) is 0 Å². The molecule has 0 amide bonds. The maximum absolute atomic E-state index is 8.71. The molecular formula is C15H23NOS. The van der Waals surface area contributed by atoms with Gasteiger partial charge in [0, 0.05) is 24.1 Å². The van der Waals surface area contributed by atoms with Gasteiger partial charge in [0.25, 0.3) is 0 Å². The number of aliphatic hydroxyl groups is 1. The van der Waals surface area contributed by atoms with E-state index in [4.69, 9.17) is 5.11 Å². The minimum absolute atomic E-state index is 0.326. The van der Waals surface area contributed by atoms with Crippen LogP contribution < -0.4 is 5.32 Å². The first-order valence-corrected chi connectivity index (χ1v) is 7.93. The molecule has 1 aliphatic carbocycles. The second-order valence-corrected chi connectivity index (χ2v) is 6.10. The summed E-state index contributed by atoms with van der Waals surface area (Å²) in [7, 11) is 0. The van der Waals surface area contributed by atoms with Crippen LogP contribution in [0.25, 0.3) is 0 Å². The lowest BCUT2D eigenvalue weighted by Gasteiger charge is -2.06. The van der Waals surface area contributed by atoms with Crippen LogP contribution in [0.3, 0.4) is 0 Å². The monoisotopic (exact) mass is 265 g/mol. The van der Waals surface area contributed by atoms with Gasteiger partial charge in [-0.05, 0) is 49.1 Å². The molecule has 0 aromatic heterocycles. The Morgan fingerprint density at radius 3 is 2.89 bits per heavy atom. The van der Waals surface area contributed by atoms with E-state index in [0.29, 0.717) is 6.61 Å². The van der Waals surface area contributed by atoms with Gasteiger partial charge in [-0.25, -0.2) is 0 Å². The third-order valence-electron chi connectivity index (χ3n) is 3.14. The highest BCUT2D eigenvalue weighted by molar-refractivity contribution is 7.99. The minimum atomic E-state index is 0.326. The molecule has 0 heterocycles. The SMILES string of the molecule is OCCCCCSc1cccc(CNC2CC2)c1. The average molecular weight is 265 g/mol. The normalized spacial score (nSPS) is 14.9. The molecule has 0 spiro atoms. The third kappa shape index (κ3) is 5.42. The van der Waals surface area contributed by atoms with Crippen LogP contribution in [0.1, 0.15) is 37.7 Å². The topological polar surface area (TPSA) is 32.3 Å². The zero-order valence-corrected chi connectivity index (χ0v) is 11.7. The molecule has 0 saturated heterocycles. The second kappa shape index (κ2) is 7.82. The standard InChI is InChI=1S/C15H23NOS/c17-9-2-1-3-10-18-15-6-4-5-13(11-15)12-16-14-7-8-14/h4-6,11,14,16-17H,1-3,7-10,12H2. The Bertz CT molecular complexity index is 352. The summed E-state index contributed by atoms with van der Waals surface area (Å²) >= 11 is 1.93. The van der Waals surface area contributed by atoms with Gasteiger partial charge in [-0.2, -0.15) is 0 Å². The van der Waals surface area contributed by atoms with Gasteiger partial charge in [-0.15, -0.1) is 11.8 Å². The van der Waals surface area contributed by atoms with E-state index in [2.05, 4.69) is 29.6 Å². The maximum atomic E-state index is 8.71. The molecule has 1 aromatic rings. The number of hydrogen-bond acceptors (Lipinski definition) is 3. The number of benzene rings is 1. The largest absolute Gasteiger partial charge is 0.396 e. The van der Waals surface area contributed by atoms with Gasteiger partial charge in [-0.3, -0.25) is 0 Å². The van der Waals surface area contributed by atoms with Crippen LogP contribution in [-0.4, -0.2) is 23.5 Å². The number of hydrogen-bond donors (Lipinski definition) is 2. The molecule has 1 aromatic carbocycles. The molecule has 0 radical (unpaired) electrons. The van der Waals surface area contributed by atoms with Gasteiger partial charge in [0.1, 0.15) is 0 Å². The number of aliphatic hydroxyl groups excluding tert-OH is 1. The van der Waals surface area contributed by atoms with Crippen LogP contribution in [0.15, 0.2) is 29.2 Å². The molecule has 0 atom stereocenters. The molecule has 100 valence electrons. The van der Waals surface area contributed by atoms with Crippen molar-refractivity contribution < 1.29 is 5.11 Å². The molecular weight excluding hydrogens is 242 g/mol. The molecule has 3 heteroatoms. The Balaban J connectivity index is 1.68. The summed E-state index contributed by atoms with van der Waals surface area (Å²) in [5, 5.41) is 12.3. The highest BCUT2D eigenvalue weighted by atomic mass is 32.2. The number of rotatable bonds is 9. The van der Waals surface area contributed by atoms with E-state index in [0.717, 1.165) is 31.2 Å². The summed E-state index contributed by atoms with van der Waals surface area (Å²) in [5.41, 5.74) is 1.39. The molecule has 0 aliphatic heterocycles. The van der Waals surface area contributed by atoms with Gasteiger partial charge >= 0.3 is 0 Å². The van der Waals surface area contributed by atoms with Gasteiger partial charge in [0.05, 0.1) is 0 Å². The molecule has 2 nitrogen and oxygen atoms in total. The van der Waals surface area contributed by atoms with E-state index in [1.54, 1.807) is 0 Å². The highest BCUT2D eigenvalue weighted by Gasteiger charge is 2.19. The number of nitrogens with one attached hydrogen (secondary N) is 1. The first kappa shape index (κ1) is 13.9. The summed E-state index contributed by atoms with van der Waals surface area (Å²) in [6.07, 6.45) is 5.95. The van der Waals surface area contributed by atoms with Crippen molar-refractivity contribution in [2.45, 2.75) is 49.6 Å². The van der Waals surface area contributed by atoms with E-state index in [-0.39, 0.29) is 0 Å². The van der Waals surface area contributed by atoms with Crippen LogP contribution in [0.4, 0.5) is 0 Å². The lowest BCUT2D eigenvalue weighted by atomic mass is 10.2. The Morgan fingerprint density at radius 2 is 2.11 bits per heavy atom. The van der Waals surface area contributed by atoms with E-state index in [1.807, 2.05) is 11.8 Å². The van der Waals surface area contributed by atoms with Crippen molar-refractivity contribution in [2.24, 2.45) is 0 Å². The molecule has 2 rings (SSSR count). The Labute approximate surface area is 114 Å². The molecule has 1 fully saturated rings. The zero-order valence-electron chi connectivity index (χ0n) is 10.9. The fraction of sp³-hybridized carbons (Fsp3) is 0.600. The van der Waals surface area contributed by atoms with E-state index in [9.17, 15) is 0 Å². The predicted octanol–water partition coefficient (Wildman–Crippen LogP) is 3.19. The van der Waals surface area contributed by atoms with Crippen LogP contribution >= 0.6 is 11.8 Å². The van der Waals surface area contributed by atoms with E-state index >= 15 is 0 Å². The van der Waals surface area contributed by atoms with Crippen molar-refractivity contribution in [1.29, 1.82) is 0 Å². The quantitative estimate of drug-likeness (QED) is 0.531. The van der Waals surface area contributed by atoms with Crippen LogP contribution in [0.2, 0.25) is 0 Å². The van der Waals surface area contributed by atoms with Crippen molar-refractivity contribution in [3.63, 3.8) is 0 Å². The van der Waals surface area contributed by atoms with Crippen molar-refractivity contribution in [3.8, 4) is 0 Å². The first-order chi connectivity index (χ1) is 8.88. The lowest BCUT2D eigenvalue weighted by molar-refractivity contribution is 0.284. The second-order valence-electron chi connectivity index (χ2n) is 4.94. The van der Waals surface area contributed by atoms with Crippen molar-refractivity contribution in [1.82, 2.24) is 5.32 Å². The summed E-state index contributed by atoms with van der Waals surface area (Å²) < 4.78 is 0.